The highest BCUT2D eigenvalue weighted by Crippen LogP contribution is 2.23. The Bertz CT molecular complexity index is 174. The molecule has 0 spiro atoms. The SMILES string of the molecule is CCOC(CC)CCCCC1C=CCC1. The lowest BCUT2D eigenvalue weighted by Crippen LogP contribution is -2.11. The van der Waals surface area contributed by atoms with Gasteiger partial charge in [-0.3, -0.25) is 0 Å². The van der Waals surface area contributed by atoms with Gasteiger partial charge in [-0.2, -0.15) is 0 Å². The van der Waals surface area contributed by atoms with Crippen LogP contribution in [0.15, 0.2) is 12.2 Å². The second kappa shape index (κ2) is 7.92. The molecule has 1 aliphatic carbocycles. The Morgan fingerprint density at radius 2 is 2.20 bits per heavy atom. The topological polar surface area (TPSA) is 9.23 Å². The molecule has 0 N–H and O–H groups in total. The van der Waals surface area contributed by atoms with Gasteiger partial charge in [-0.15, -0.1) is 0 Å². The van der Waals surface area contributed by atoms with Crippen molar-refractivity contribution in [2.75, 3.05) is 6.61 Å². The monoisotopic (exact) mass is 210 g/mol. The van der Waals surface area contributed by atoms with Crippen molar-refractivity contribution in [1.82, 2.24) is 0 Å². The summed E-state index contributed by atoms with van der Waals surface area (Å²) in [5.41, 5.74) is 0. The zero-order valence-corrected chi connectivity index (χ0v) is 10.4. The van der Waals surface area contributed by atoms with Gasteiger partial charge >= 0.3 is 0 Å². The molecule has 15 heavy (non-hydrogen) atoms. The second-order valence-electron chi connectivity index (χ2n) is 4.54. The first kappa shape index (κ1) is 12.8. The van der Waals surface area contributed by atoms with Crippen molar-refractivity contribution < 1.29 is 4.74 Å². The minimum Gasteiger partial charge on any atom is -0.379 e. The summed E-state index contributed by atoms with van der Waals surface area (Å²) < 4.78 is 5.65. The summed E-state index contributed by atoms with van der Waals surface area (Å²) in [6.07, 6.45) is 14.5. The smallest absolute Gasteiger partial charge is 0.0572 e. The number of ether oxygens (including phenoxy) is 1. The minimum atomic E-state index is 0.508. The van der Waals surface area contributed by atoms with Gasteiger partial charge in [-0.05, 0) is 44.9 Å². The first-order valence-corrected chi connectivity index (χ1v) is 6.65. The summed E-state index contributed by atoms with van der Waals surface area (Å²) >= 11 is 0. The zero-order chi connectivity index (χ0) is 10.9. The molecule has 1 aliphatic rings. The Hall–Kier alpha value is -0.300. The van der Waals surface area contributed by atoms with Crippen LogP contribution in [0.5, 0.6) is 0 Å². The zero-order valence-electron chi connectivity index (χ0n) is 10.4. The molecule has 0 radical (unpaired) electrons. The second-order valence-corrected chi connectivity index (χ2v) is 4.54. The van der Waals surface area contributed by atoms with Crippen LogP contribution in [0.3, 0.4) is 0 Å². The quantitative estimate of drug-likeness (QED) is 0.428. The van der Waals surface area contributed by atoms with Crippen LogP contribution in [0.2, 0.25) is 0 Å². The van der Waals surface area contributed by atoms with E-state index in [9.17, 15) is 0 Å². The molecule has 0 aromatic carbocycles. The molecule has 0 bridgehead atoms. The maximum atomic E-state index is 5.65. The molecule has 1 nitrogen and oxygen atoms in total. The van der Waals surface area contributed by atoms with Gasteiger partial charge in [0.2, 0.25) is 0 Å². The van der Waals surface area contributed by atoms with Crippen LogP contribution in [0, 0.1) is 5.92 Å². The van der Waals surface area contributed by atoms with Gasteiger partial charge in [0.05, 0.1) is 6.10 Å². The fraction of sp³-hybridized carbons (Fsp3) is 0.857. The predicted molar refractivity (Wildman–Crippen MR) is 66.0 cm³/mol. The Balaban J connectivity index is 1.97. The molecule has 0 aliphatic heterocycles. The van der Waals surface area contributed by atoms with Gasteiger partial charge in [-0.25, -0.2) is 0 Å². The molecule has 0 saturated carbocycles. The van der Waals surface area contributed by atoms with Crippen molar-refractivity contribution in [3.63, 3.8) is 0 Å². The molecule has 0 aromatic rings. The van der Waals surface area contributed by atoms with Crippen LogP contribution in [-0.2, 0) is 4.74 Å². The third-order valence-electron chi connectivity index (χ3n) is 3.32. The molecule has 88 valence electrons. The molecular formula is C14H26O. The first-order valence-electron chi connectivity index (χ1n) is 6.65. The Morgan fingerprint density at radius 3 is 2.80 bits per heavy atom. The van der Waals surface area contributed by atoms with Crippen molar-refractivity contribution in [1.29, 1.82) is 0 Å². The molecule has 0 amide bonds. The van der Waals surface area contributed by atoms with E-state index >= 15 is 0 Å². The van der Waals surface area contributed by atoms with Crippen molar-refractivity contribution in [2.45, 2.75) is 64.9 Å². The van der Waals surface area contributed by atoms with Gasteiger partial charge in [0, 0.05) is 6.61 Å². The van der Waals surface area contributed by atoms with Gasteiger partial charge < -0.3 is 4.74 Å². The Labute approximate surface area is 94.9 Å². The van der Waals surface area contributed by atoms with Gasteiger partial charge in [0.1, 0.15) is 0 Å². The van der Waals surface area contributed by atoms with Crippen LogP contribution in [0.4, 0.5) is 0 Å². The lowest BCUT2D eigenvalue weighted by Gasteiger charge is -2.15. The molecule has 1 rings (SSSR count). The van der Waals surface area contributed by atoms with E-state index in [-0.39, 0.29) is 0 Å². The molecule has 0 fully saturated rings. The van der Waals surface area contributed by atoms with Crippen molar-refractivity contribution >= 4 is 0 Å². The average Bonchev–Trinajstić information content (AvgIpc) is 2.75. The largest absolute Gasteiger partial charge is 0.379 e. The van der Waals surface area contributed by atoms with E-state index in [4.69, 9.17) is 4.74 Å². The molecule has 1 heteroatoms. The van der Waals surface area contributed by atoms with Crippen LogP contribution in [0.1, 0.15) is 58.8 Å². The standard InChI is InChI=1S/C14H26O/c1-3-14(15-4-2)12-8-7-11-13-9-5-6-10-13/h5,9,13-14H,3-4,6-8,10-12H2,1-2H3. The number of rotatable bonds is 8. The van der Waals surface area contributed by atoms with Gasteiger partial charge in [0.15, 0.2) is 0 Å². The fourth-order valence-corrected chi connectivity index (χ4v) is 2.36. The molecule has 0 heterocycles. The van der Waals surface area contributed by atoms with E-state index in [2.05, 4.69) is 26.0 Å². The fourth-order valence-electron chi connectivity index (χ4n) is 2.36. The van der Waals surface area contributed by atoms with Crippen molar-refractivity contribution in [2.24, 2.45) is 5.92 Å². The van der Waals surface area contributed by atoms with Gasteiger partial charge in [-0.1, -0.05) is 31.9 Å². The lowest BCUT2D eigenvalue weighted by molar-refractivity contribution is 0.0522. The summed E-state index contributed by atoms with van der Waals surface area (Å²) in [5, 5.41) is 0. The summed E-state index contributed by atoms with van der Waals surface area (Å²) in [6.45, 7) is 5.18. The van der Waals surface area contributed by atoms with Crippen LogP contribution in [0.25, 0.3) is 0 Å². The molecule has 0 aromatic heterocycles. The predicted octanol–water partition coefficient (Wildman–Crippen LogP) is 4.33. The average molecular weight is 210 g/mol. The highest BCUT2D eigenvalue weighted by molar-refractivity contribution is 4.95. The third-order valence-corrected chi connectivity index (χ3v) is 3.32. The van der Waals surface area contributed by atoms with Gasteiger partial charge in [0.25, 0.3) is 0 Å². The van der Waals surface area contributed by atoms with E-state index in [0.717, 1.165) is 18.9 Å². The Kier molecular flexibility index (Phi) is 6.74. The summed E-state index contributed by atoms with van der Waals surface area (Å²) in [7, 11) is 0. The summed E-state index contributed by atoms with van der Waals surface area (Å²) in [6, 6.07) is 0. The maximum Gasteiger partial charge on any atom is 0.0572 e. The molecule has 2 unspecified atom stereocenters. The van der Waals surface area contributed by atoms with E-state index in [1.165, 1.54) is 38.5 Å². The highest BCUT2D eigenvalue weighted by atomic mass is 16.5. The van der Waals surface area contributed by atoms with Crippen molar-refractivity contribution in [3.05, 3.63) is 12.2 Å². The molecular weight excluding hydrogens is 184 g/mol. The lowest BCUT2D eigenvalue weighted by atomic mass is 9.99. The van der Waals surface area contributed by atoms with Crippen LogP contribution >= 0.6 is 0 Å². The van der Waals surface area contributed by atoms with E-state index in [1.54, 1.807) is 0 Å². The normalized spacial score (nSPS) is 22.1. The van der Waals surface area contributed by atoms with Crippen molar-refractivity contribution in [3.8, 4) is 0 Å². The summed E-state index contributed by atoms with van der Waals surface area (Å²) in [4.78, 5) is 0. The highest BCUT2D eigenvalue weighted by Gasteiger charge is 2.09. The van der Waals surface area contributed by atoms with E-state index in [1.807, 2.05) is 0 Å². The van der Waals surface area contributed by atoms with E-state index < -0.39 is 0 Å². The van der Waals surface area contributed by atoms with Crippen LogP contribution in [-0.4, -0.2) is 12.7 Å². The number of allylic oxidation sites excluding steroid dienone is 2. The number of unbranched alkanes of at least 4 members (excludes halogenated alkanes) is 1. The summed E-state index contributed by atoms with van der Waals surface area (Å²) in [5.74, 6) is 0.886. The van der Waals surface area contributed by atoms with E-state index in [0.29, 0.717) is 6.10 Å². The molecule has 2 atom stereocenters. The Morgan fingerprint density at radius 1 is 1.33 bits per heavy atom. The first-order chi connectivity index (χ1) is 7.36. The number of hydrogen-bond acceptors (Lipinski definition) is 1. The minimum absolute atomic E-state index is 0.508. The van der Waals surface area contributed by atoms with Crippen LogP contribution < -0.4 is 0 Å². The maximum absolute atomic E-state index is 5.65. The molecule has 0 saturated heterocycles. The number of hydrogen-bond donors (Lipinski definition) is 0. The third kappa shape index (κ3) is 5.36.